The average Bonchev–Trinajstić information content (AvgIpc) is 2.40. The maximum absolute atomic E-state index is 12.2. The Bertz CT molecular complexity index is 588. The van der Waals surface area contributed by atoms with Crippen LogP contribution in [-0.2, 0) is 0 Å². The van der Waals surface area contributed by atoms with Crippen LogP contribution in [0.1, 0.15) is 15.9 Å². The summed E-state index contributed by atoms with van der Waals surface area (Å²) in [6.07, 6.45) is 2.92. The Hall–Kier alpha value is -2.50. The van der Waals surface area contributed by atoms with Gasteiger partial charge in [-0.3, -0.25) is 9.78 Å². The molecule has 0 radical (unpaired) electrons. The van der Waals surface area contributed by atoms with Gasteiger partial charge in [-0.2, -0.15) is 8.78 Å². The summed E-state index contributed by atoms with van der Waals surface area (Å²) in [5, 5.41) is 0. The van der Waals surface area contributed by atoms with Crippen LogP contribution < -0.4 is 10.5 Å². The lowest BCUT2D eigenvalue weighted by Crippen LogP contribution is -2.08. The van der Waals surface area contributed by atoms with Crippen LogP contribution in [0.25, 0.3) is 0 Å². The van der Waals surface area contributed by atoms with E-state index in [1.807, 2.05) is 0 Å². The van der Waals surface area contributed by atoms with Crippen LogP contribution in [0, 0.1) is 0 Å². The van der Waals surface area contributed by atoms with E-state index in [2.05, 4.69) is 9.72 Å². The Morgan fingerprint density at radius 2 is 1.89 bits per heavy atom. The molecule has 6 heteroatoms. The van der Waals surface area contributed by atoms with Crippen LogP contribution in [0.15, 0.2) is 42.7 Å². The minimum atomic E-state index is -2.95. The molecule has 0 bridgehead atoms. The van der Waals surface area contributed by atoms with E-state index in [9.17, 15) is 13.6 Å². The molecule has 0 saturated carbocycles. The van der Waals surface area contributed by atoms with Crippen LogP contribution in [0.5, 0.6) is 5.75 Å². The first-order chi connectivity index (χ1) is 9.08. The van der Waals surface area contributed by atoms with Crippen molar-refractivity contribution in [1.29, 1.82) is 0 Å². The monoisotopic (exact) mass is 264 g/mol. The van der Waals surface area contributed by atoms with Crippen molar-refractivity contribution in [3.63, 3.8) is 0 Å². The smallest absolute Gasteiger partial charge is 0.387 e. The number of rotatable bonds is 4. The summed E-state index contributed by atoms with van der Waals surface area (Å²) in [7, 11) is 0. The molecular weight excluding hydrogens is 254 g/mol. The molecule has 0 unspecified atom stereocenters. The van der Waals surface area contributed by atoms with E-state index in [0.29, 0.717) is 5.56 Å². The predicted molar refractivity (Wildman–Crippen MR) is 65.2 cm³/mol. The van der Waals surface area contributed by atoms with Crippen molar-refractivity contribution in [2.24, 2.45) is 0 Å². The van der Waals surface area contributed by atoms with Gasteiger partial charge in [-0.15, -0.1) is 0 Å². The second kappa shape index (κ2) is 5.43. The Kier molecular flexibility index (Phi) is 3.70. The second-order valence-electron chi connectivity index (χ2n) is 3.69. The zero-order chi connectivity index (χ0) is 13.8. The highest BCUT2D eigenvalue weighted by Crippen LogP contribution is 2.23. The molecule has 0 spiro atoms. The molecule has 1 heterocycles. The molecule has 2 N–H and O–H groups in total. The van der Waals surface area contributed by atoms with Crippen molar-refractivity contribution in [1.82, 2.24) is 4.98 Å². The highest BCUT2D eigenvalue weighted by atomic mass is 19.3. The van der Waals surface area contributed by atoms with E-state index in [1.165, 1.54) is 42.7 Å². The minimum absolute atomic E-state index is 0.110. The summed E-state index contributed by atoms with van der Waals surface area (Å²) >= 11 is 0. The van der Waals surface area contributed by atoms with Crippen molar-refractivity contribution in [2.75, 3.05) is 5.73 Å². The van der Waals surface area contributed by atoms with Crippen LogP contribution in [0.2, 0.25) is 0 Å². The number of hydrogen-bond donors (Lipinski definition) is 1. The molecule has 0 aliphatic heterocycles. The highest BCUT2D eigenvalue weighted by Gasteiger charge is 2.14. The molecule has 0 amide bonds. The van der Waals surface area contributed by atoms with Gasteiger partial charge in [0.25, 0.3) is 0 Å². The van der Waals surface area contributed by atoms with E-state index < -0.39 is 6.61 Å². The number of nitrogen functional groups attached to an aromatic ring is 1. The van der Waals surface area contributed by atoms with Crippen LogP contribution in [-0.4, -0.2) is 17.4 Å². The summed E-state index contributed by atoms with van der Waals surface area (Å²) in [5.74, 6) is -0.485. The Morgan fingerprint density at radius 3 is 2.53 bits per heavy atom. The normalized spacial score (nSPS) is 10.5. The van der Waals surface area contributed by atoms with Gasteiger partial charge in [0.15, 0.2) is 5.78 Å². The van der Waals surface area contributed by atoms with Gasteiger partial charge in [-0.05, 0) is 30.3 Å². The number of carbonyl (C=O) groups excluding carboxylic acids is 1. The molecule has 1 aromatic heterocycles. The van der Waals surface area contributed by atoms with Gasteiger partial charge in [0, 0.05) is 29.2 Å². The molecule has 0 fully saturated rings. The Balaban J connectivity index is 2.36. The third-order valence-corrected chi connectivity index (χ3v) is 2.44. The molecule has 98 valence electrons. The van der Waals surface area contributed by atoms with E-state index in [4.69, 9.17) is 5.73 Å². The van der Waals surface area contributed by atoms with Crippen LogP contribution >= 0.6 is 0 Å². The maximum Gasteiger partial charge on any atom is 0.387 e. The number of alkyl halides is 2. The maximum atomic E-state index is 12.2. The molecule has 0 aliphatic carbocycles. The minimum Gasteiger partial charge on any atom is -0.435 e. The summed E-state index contributed by atoms with van der Waals surface area (Å²) in [5.41, 5.74) is 6.36. The number of pyridine rings is 1. The first-order valence-electron chi connectivity index (χ1n) is 5.37. The van der Waals surface area contributed by atoms with Crippen LogP contribution in [0.4, 0.5) is 14.5 Å². The first kappa shape index (κ1) is 12.9. The second-order valence-corrected chi connectivity index (χ2v) is 3.69. The molecular formula is C13H10F2N2O2. The number of benzene rings is 1. The number of aromatic nitrogens is 1. The van der Waals surface area contributed by atoms with Crippen molar-refractivity contribution in [3.8, 4) is 5.75 Å². The lowest BCUT2D eigenvalue weighted by atomic mass is 10.0. The SMILES string of the molecule is Nc1ccc(OC(F)F)cc1C(=O)c1ccncc1. The summed E-state index contributed by atoms with van der Waals surface area (Å²) in [6, 6.07) is 6.87. The number of hydrogen-bond acceptors (Lipinski definition) is 4. The number of anilines is 1. The lowest BCUT2D eigenvalue weighted by molar-refractivity contribution is -0.0498. The molecule has 0 aliphatic rings. The van der Waals surface area contributed by atoms with E-state index in [-0.39, 0.29) is 22.8 Å². The fourth-order valence-corrected chi connectivity index (χ4v) is 1.57. The number of ketones is 1. The number of halogens is 2. The summed E-state index contributed by atoms with van der Waals surface area (Å²) in [4.78, 5) is 15.9. The third kappa shape index (κ3) is 3.04. The molecule has 0 atom stereocenters. The van der Waals surface area contributed by atoms with Crippen LogP contribution in [0.3, 0.4) is 0 Å². The fraction of sp³-hybridized carbons (Fsp3) is 0.0769. The van der Waals surface area contributed by atoms with Gasteiger partial charge >= 0.3 is 6.61 Å². The number of nitrogens with two attached hydrogens (primary N) is 1. The topological polar surface area (TPSA) is 65.2 Å². The quantitative estimate of drug-likeness (QED) is 0.680. The largest absolute Gasteiger partial charge is 0.435 e. The van der Waals surface area contributed by atoms with Gasteiger partial charge in [0.2, 0.25) is 0 Å². The van der Waals surface area contributed by atoms with Gasteiger partial charge < -0.3 is 10.5 Å². The van der Waals surface area contributed by atoms with Crippen molar-refractivity contribution in [3.05, 3.63) is 53.9 Å². The third-order valence-electron chi connectivity index (χ3n) is 2.44. The van der Waals surface area contributed by atoms with E-state index in [1.54, 1.807) is 0 Å². The number of carbonyl (C=O) groups is 1. The van der Waals surface area contributed by atoms with Crippen molar-refractivity contribution in [2.45, 2.75) is 6.61 Å². The summed E-state index contributed by atoms with van der Waals surface area (Å²) in [6.45, 7) is -2.95. The van der Waals surface area contributed by atoms with Crippen molar-refractivity contribution >= 4 is 11.5 Å². The molecule has 19 heavy (non-hydrogen) atoms. The van der Waals surface area contributed by atoms with Gasteiger partial charge in [-0.1, -0.05) is 0 Å². The molecule has 4 nitrogen and oxygen atoms in total. The van der Waals surface area contributed by atoms with Gasteiger partial charge in [-0.25, -0.2) is 0 Å². The Labute approximate surface area is 107 Å². The number of ether oxygens (including phenoxy) is 1. The first-order valence-corrected chi connectivity index (χ1v) is 5.37. The zero-order valence-electron chi connectivity index (χ0n) is 9.72. The Morgan fingerprint density at radius 1 is 1.21 bits per heavy atom. The molecule has 2 rings (SSSR count). The fourth-order valence-electron chi connectivity index (χ4n) is 1.57. The average molecular weight is 264 g/mol. The molecule has 2 aromatic rings. The van der Waals surface area contributed by atoms with E-state index >= 15 is 0 Å². The standard InChI is InChI=1S/C13H10F2N2O2/c14-13(15)19-9-1-2-11(16)10(7-9)12(18)8-3-5-17-6-4-8/h1-7,13H,16H2. The van der Waals surface area contributed by atoms with Crippen molar-refractivity contribution < 1.29 is 18.3 Å². The number of nitrogens with zero attached hydrogens (tertiary/aromatic N) is 1. The van der Waals surface area contributed by atoms with Gasteiger partial charge in [0.1, 0.15) is 5.75 Å². The highest BCUT2D eigenvalue weighted by molar-refractivity contribution is 6.12. The summed E-state index contributed by atoms with van der Waals surface area (Å²) < 4.78 is 28.5. The predicted octanol–water partition coefficient (Wildman–Crippen LogP) is 2.50. The molecule has 1 aromatic carbocycles. The van der Waals surface area contributed by atoms with Gasteiger partial charge in [0.05, 0.1) is 0 Å². The molecule has 0 saturated heterocycles. The zero-order valence-corrected chi connectivity index (χ0v) is 9.72. The van der Waals surface area contributed by atoms with E-state index in [0.717, 1.165) is 0 Å². The lowest BCUT2D eigenvalue weighted by Gasteiger charge is -2.09.